The third kappa shape index (κ3) is 4.04. The first-order valence-electron chi connectivity index (χ1n) is 8.94. The predicted molar refractivity (Wildman–Crippen MR) is 103 cm³/mol. The molecule has 2 aromatic rings. The van der Waals surface area contributed by atoms with E-state index >= 15 is 0 Å². The molecule has 1 amide bonds. The largest absolute Gasteiger partial charge is 0.478 e. The quantitative estimate of drug-likeness (QED) is 0.866. The average molecular weight is 352 g/mol. The van der Waals surface area contributed by atoms with E-state index in [4.69, 9.17) is 0 Å². The Morgan fingerprint density at radius 1 is 1.15 bits per heavy atom. The van der Waals surface area contributed by atoms with Crippen LogP contribution >= 0.6 is 0 Å². The first-order chi connectivity index (χ1) is 12.4. The first kappa shape index (κ1) is 18.0. The minimum absolute atomic E-state index is 0.165. The van der Waals surface area contributed by atoms with Crippen LogP contribution in [0.1, 0.15) is 46.0 Å². The van der Waals surface area contributed by atoms with E-state index in [0.29, 0.717) is 17.2 Å². The van der Waals surface area contributed by atoms with Crippen molar-refractivity contribution in [3.05, 3.63) is 59.2 Å². The van der Waals surface area contributed by atoms with Crippen LogP contribution in [-0.2, 0) is 0 Å². The van der Waals surface area contributed by atoms with Gasteiger partial charge in [-0.3, -0.25) is 4.79 Å². The third-order valence-corrected chi connectivity index (χ3v) is 4.77. The Bertz CT molecular complexity index is 832. The lowest BCUT2D eigenvalue weighted by Crippen LogP contribution is -2.35. The molecule has 0 aliphatic carbocycles. The molecule has 0 unspecified atom stereocenters. The van der Waals surface area contributed by atoms with Gasteiger partial charge in [-0.2, -0.15) is 0 Å². The molecule has 1 aliphatic rings. The summed E-state index contributed by atoms with van der Waals surface area (Å²) in [6.07, 6.45) is 2.28. The lowest BCUT2D eigenvalue weighted by Gasteiger charge is -2.34. The van der Waals surface area contributed by atoms with Crippen LogP contribution in [0.4, 0.5) is 11.4 Å². The van der Waals surface area contributed by atoms with Gasteiger partial charge in [-0.05, 0) is 56.0 Å². The zero-order valence-corrected chi connectivity index (χ0v) is 15.2. The number of carbonyl (C=O) groups is 2. The summed E-state index contributed by atoms with van der Waals surface area (Å²) in [5.74, 6) is -0.666. The number of rotatable bonds is 4. The smallest absolute Gasteiger partial charge is 0.335 e. The highest BCUT2D eigenvalue weighted by atomic mass is 16.4. The molecule has 1 heterocycles. The van der Waals surface area contributed by atoms with Gasteiger partial charge in [-0.25, -0.2) is 4.79 Å². The Morgan fingerprint density at radius 3 is 2.65 bits per heavy atom. The number of carbonyl (C=O) groups excluding carboxylic acids is 1. The van der Waals surface area contributed by atoms with Crippen LogP contribution in [0.2, 0.25) is 0 Å². The van der Waals surface area contributed by atoms with E-state index in [1.54, 1.807) is 24.3 Å². The SMILES string of the molecule is Cc1cccc(C(=O)Nc2cc(C(=O)O)ccc2N2CCC[C@@H](C)C2)c1. The van der Waals surface area contributed by atoms with Crippen LogP contribution < -0.4 is 10.2 Å². The molecular weight excluding hydrogens is 328 g/mol. The summed E-state index contributed by atoms with van der Waals surface area (Å²) >= 11 is 0. The van der Waals surface area contributed by atoms with Gasteiger partial charge in [0.1, 0.15) is 0 Å². The summed E-state index contributed by atoms with van der Waals surface area (Å²) in [6, 6.07) is 12.3. The second-order valence-electron chi connectivity index (χ2n) is 7.05. The fraction of sp³-hybridized carbons (Fsp3) is 0.333. The molecule has 2 N–H and O–H groups in total. The number of aromatic carboxylic acids is 1. The third-order valence-electron chi connectivity index (χ3n) is 4.77. The number of aryl methyl sites for hydroxylation is 1. The van der Waals surface area contributed by atoms with Gasteiger partial charge in [-0.1, -0.05) is 24.6 Å². The van der Waals surface area contributed by atoms with Gasteiger partial charge in [0, 0.05) is 18.7 Å². The lowest BCUT2D eigenvalue weighted by molar-refractivity contribution is 0.0696. The van der Waals surface area contributed by atoms with Crippen LogP contribution in [0.15, 0.2) is 42.5 Å². The van der Waals surface area contributed by atoms with Crippen LogP contribution in [0, 0.1) is 12.8 Å². The minimum Gasteiger partial charge on any atom is -0.478 e. The Balaban J connectivity index is 1.93. The molecule has 0 spiro atoms. The Labute approximate surface area is 153 Å². The number of carboxylic acids is 1. The normalized spacial score (nSPS) is 17.0. The fourth-order valence-corrected chi connectivity index (χ4v) is 3.43. The minimum atomic E-state index is -1.00. The van der Waals surface area contributed by atoms with Crippen molar-refractivity contribution in [1.29, 1.82) is 0 Å². The molecule has 0 aromatic heterocycles. The van der Waals surface area contributed by atoms with Crippen LogP contribution in [0.3, 0.4) is 0 Å². The second-order valence-corrected chi connectivity index (χ2v) is 7.05. The van der Waals surface area contributed by atoms with Crippen molar-refractivity contribution in [1.82, 2.24) is 0 Å². The van der Waals surface area contributed by atoms with E-state index in [-0.39, 0.29) is 11.5 Å². The van der Waals surface area contributed by atoms with Gasteiger partial charge in [0.05, 0.1) is 16.9 Å². The van der Waals surface area contributed by atoms with Gasteiger partial charge >= 0.3 is 5.97 Å². The van der Waals surface area contributed by atoms with Crippen LogP contribution in [0.25, 0.3) is 0 Å². The molecule has 1 fully saturated rings. The van der Waals surface area contributed by atoms with E-state index in [2.05, 4.69) is 17.1 Å². The summed E-state index contributed by atoms with van der Waals surface area (Å²) in [6.45, 7) is 5.95. The Hall–Kier alpha value is -2.82. The van der Waals surface area contributed by atoms with Crippen molar-refractivity contribution in [2.24, 2.45) is 5.92 Å². The molecule has 1 aliphatic heterocycles. The number of amides is 1. The summed E-state index contributed by atoms with van der Waals surface area (Å²) in [4.78, 5) is 26.3. The number of anilines is 2. The maximum atomic E-state index is 12.7. The Kier molecular flexibility index (Phi) is 5.26. The summed E-state index contributed by atoms with van der Waals surface area (Å²) in [5, 5.41) is 12.2. The van der Waals surface area contributed by atoms with Crippen molar-refractivity contribution >= 4 is 23.3 Å². The number of piperidine rings is 1. The molecular formula is C21H24N2O3. The number of benzene rings is 2. The van der Waals surface area contributed by atoms with Crippen molar-refractivity contribution in [2.45, 2.75) is 26.7 Å². The maximum absolute atomic E-state index is 12.7. The summed E-state index contributed by atoms with van der Waals surface area (Å²) < 4.78 is 0. The average Bonchev–Trinajstić information content (AvgIpc) is 2.61. The Morgan fingerprint density at radius 2 is 1.96 bits per heavy atom. The van der Waals surface area contributed by atoms with Gasteiger partial charge in [0.2, 0.25) is 0 Å². The monoisotopic (exact) mass is 352 g/mol. The van der Waals surface area contributed by atoms with Crippen molar-refractivity contribution in [3.8, 4) is 0 Å². The summed E-state index contributed by atoms with van der Waals surface area (Å²) in [5.41, 5.74) is 3.15. The first-order valence-corrected chi connectivity index (χ1v) is 8.94. The second kappa shape index (κ2) is 7.60. The molecule has 136 valence electrons. The molecule has 1 atom stereocenters. The molecule has 5 heteroatoms. The van der Waals surface area contributed by atoms with Crippen molar-refractivity contribution < 1.29 is 14.7 Å². The van der Waals surface area contributed by atoms with Gasteiger partial charge in [-0.15, -0.1) is 0 Å². The van der Waals surface area contributed by atoms with Gasteiger partial charge < -0.3 is 15.3 Å². The molecule has 1 saturated heterocycles. The van der Waals surface area contributed by atoms with Gasteiger partial charge in [0.25, 0.3) is 5.91 Å². The lowest BCUT2D eigenvalue weighted by atomic mass is 9.99. The number of nitrogens with zero attached hydrogens (tertiary/aromatic N) is 1. The number of hydrogen-bond donors (Lipinski definition) is 2. The van der Waals surface area contributed by atoms with Gasteiger partial charge in [0.15, 0.2) is 0 Å². The number of nitrogens with one attached hydrogen (secondary N) is 1. The molecule has 0 bridgehead atoms. The van der Waals surface area contributed by atoms with Crippen LogP contribution in [0.5, 0.6) is 0 Å². The molecule has 5 nitrogen and oxygen atoms in total. The highest BCUT2D eigenvalue weighted by Crippen LogP contribution is 2.31. The van der Waals surface area contributed by atoms with E-state index in [0.717, 1.165) is 30.8 Å². The van der Waals surface area contributed by atoms with E-state index < -0.39 is 5.97 Å². The standard InChI is InChI=1S/C21H24N2O3/c1-14-5-3-7-16(11-14)20(24)22-18-12-17(21(25)26)8-9-19(18)23-10-4-6-15(2)13-23/h3,5,7-9,11-12,15H,4,6,10,13H2,1-2H3,(H,22,24)(H,25,26)/t15-/m1/s1. The van der Waals surface area contributed by atoms with E-state index in [1.165, 1.54) is 6.42 Å². The molecule has 0 saturated carbocycles. The molecule has 0 radical (unpaired) electrons. The van der Waals surface area contributed by atoms with Crippen molar-refractivity contribution in [2.75, 3.05) is 23.3 Å². The topological polar surface area (TPSA) is 69.6 Å². The fourth-order valence-electron chi connectivity index (χ4n) is 3.43. The highest BCUT2D eigenvalue weighted by Gasteiger charge is 2.21. The summed E-state index contributed by atoms with van der Waals surface area (Å²) in [7, 11) is 0. The van der Waals surface area contributed by atoms with Crippen molar-refractivity contribution in [3.63, 3.8) is 0 Å². The highest BCUT2D eigenvalue weighted by molar-refractivity contribution is 6.06. The van der Waals surface area contributed by atoms with E-state index in [1.807, 2.05) is 25.1 Å². The number of hydrogen-bond acceptors (Lipinski definition) is 3. The zero-order chi connectivity index (χ0) is 18.7. The number of carboxylic acid groups (broad SMARTS) is 1. The molecule has 2 aromatic carbocycles. The predicted octanol–water partition coefficient (Wildman–Crippen LogP) is 4.18. The molecule has 26 heavy (non-hydrogen) atoms. The zero-order valence-electron chi connectivity index (χ0n) is 15.2. The maximum Gasteiger partial charge on any atom is 0.335 e. The van der Waals surface area contributed by atoms with Crippen LogP contribution in [-0.4, -0.2) is 30.1 Å². The molecule has 3 rings (SSSR count). The van der Waals surface area contributed by atoms with E-state index in [9.17, 15) is 14.7 Å².